The van der Waals surface area contributed by atoms with Crippen LogP contribution in [0.3, 0.4) is 0 Å². The molecule has 0 amide bonds. The molecule has 0 aliphatic rings. The normalized spacial score (nSPS) is 10.3. The van der Waals surface area contributed by atoms with Crippen LogP contribution in [0.1, 0.15) is 30.9 Å². The molecule has 0 aromatic heterocycles. The summed E-state index contributed by atoms with van der Waals surface area (Å²) in [6.07, 6.45) is 3.56. The van der Waals surface area contributed by atoms with E-state index in [-0.39, 0.29) is 0 Å². The summed E-state index contributed by atoms with van der Waals surface area (Å²) in [6, 6.07) is 6.47. The minimum Gasteiger partial charge on any atom is -0.494 e. The molecule has 0 aliphatic heterocycles. The Bertz CT molecular complexity index is 297. The topological polar surface area (TPSA) is 9.23 Å². The number of hydrogen-bond acceptors (Lipinski definition) is 2. The van der Waals surface area contributed by atoms with Gasteiger partial charge in [0.25, 0.3) is 0 Å². The van der Waals surface area contributed by atoms with Crippen LogP contribution in [0.2, 0.25) is 0 Å². The number of benzene rings is 1. The zero-order chi connectivity index (χ0) is 11.1. The average molecular weight is 224 g/mol. The highest BCUT2D eigenvalue weighted by molar-refractivity contribution is 7.80. The number of thiol groups is 1. The van der Waals surface area contributed by atoms with Crippen LogP contribution in [0.15, 0.2) is 18.2 Å². The van der Waals surface area contributed by atoms with Crippen molar-refractivity contribution in [1.29, 1.82) is 0 Å². The molecule has 0 spiro atoms. The summed E-state index contributed by atoms with van der Waals surface area (Å²) in [7, 11) is 0. The van der Waals surface area contributed by atoms with Crippen LogP contribution in [0.4, 0.5) is 0 Å². The Hall–Kier alpha value is -0.630. The fourth-order valence-corrected chi connectivity index (χ4v) is 1.85. The third kappa shape index (κ3) is 4.17. The molecule has 0 aliphatic carbocycles. The Morgan fingerprint density at radius 1 is 1.27 bits per heavy atom. The first-order chi connectivity index (χ1) is 7.27. The lowest BCUT2D eigenvalue weighted by Crippen LogP contribution is -1.95. The van der Waals surface area contributed by atoms with E-state index in [1.807, 2.05) is 6.92 Å². The van der Waals surface area contributed by atoms with Gasteiger partial charge in [0, 0.05) is 0 Å². The Labute approximate surface area is 98.3 Å². The van der Waals surface area contributed by atoms with E-state index in [1.165, 1.54) is 24.0 Å². The number of ether oxygens (including phenoxy) is 1. The first-order valence-corrected chi connectivity index (χ1v) is 6.24. The van der Waals surface area contributed by atoms with E-state index in [0.717, 1.165) is 24.5 Å². The van der Waals surface area contributed by atoms with Crippen LogP contribution in [0.5, 0.6) is 5.75 Å². The van der Waals surface area contributed by atoms with Crippen molar-refractivity contribution in [3.05, 3.63) is 29.3 Å². The molecular formula is C13H20OS. The predicted octanol–water partition coefficient (Wildman–Crippen LogP) is 3.65. The van der Waals surface area contributed by atoms with E-state index in [4.69, 9.17) is 4.74 Å². The van der Waals surface area contributed by atoms with Crippen molar-refractivity contribution in [3.63, 3.8) is 0 Å². The number of aryl methyl sites for hydroxylation is 2. The maximum absolute atomic E-state index is 5.51. The van der Waals surface area contributed by atoms with E-state index in [2.05, 4.69) is 37.8 Å². The van der Waals surface area contributed by atoms with Crippen molar-refractivity contribution in [1.82, 2.24) is 0 Å². The maximum atomic E-state index is 5.51. The molecule has 0 bridgehead atoms. The lowest BCUT2D eigenvalue weighted by molar-refractivity contribution is 0.338. The molecule has 1 nitrogen and oxygen atoms in total. The summed E-state index contributed by atoms with van der Waals surface area (Å²) < 4.78 is 5.51. The SMILES string of the molecule is CCOc1ccc(CCCCS)cc1C. The summed E-state index contributed by atoms with van der Waals surface area (Å²) in [4.78, 5) is 0. The lowest BCUT2D eigenvalue weighted by atomic mass is 10.1. The zero-order valence-electron chi connectivity index (χ0n) is 9.62. The molecule has 1 rings (SSSR count). The maximum Gasteiger partial charge on any atom is 0.122 e. The zero-order valence-corrected chi connectivity index (χ0v) is 10.5. The third-order valence-corrected chi connectivity index (χ3v) is 2.73. The lowest BCUT2D eigenvalue weighted by Gasteiger charge is -2.08. The van der Waals surface area contributed by atoms with Crippen LogP contribution in [-0.2, 0) is 6.42 Å². The van der Waals surface area contributed by atoms with E-state index in [9.17, 15) is 0 Å². The van der Waals surface area contributed by atoms with Crippen LogP contribution in [-0.4, -0.2) is 12.4 Å². The molecule has 0 fully saturated rings. The second kappa shape index (κ2) is 6.78. The van der Waals surface area contributed by atoms with Gasteiger partial charge in [-0.3, -0.25) is 0 Å². The van der Waals surface area contributed by atoms with Crippen molar-refractivity contribution >= 4 is 12.6 Å². The second-order valence-electron chi connectivity index (χ2n) is 3.71. The molecule has 1 aromatic carbocycles. The fraction of sp³-hybridized carbons (Fsp3) is 0.538. The summed E-state index contributed by atoms with van der Waals surface area (Å²) in [5.74, 6) is 1.99. The van der Waals surface area contributed by atoms with Gasteiger partial charge in [0.15, 0.2) is 0 Å². The van der Waals surface area contributed by atoms with E-state index < -0.39 is 0 Å². The van der Waals surface area contributed by atoms with Gasteiger partial charge in [-0.15, -0.1) is 0 Å². The summed E-state index contributed by atoms with van der Waals surface area (Å²) in [5, 5.41) is 0. The molecule has 0 saturated heterocycles. The van der Waals surface area contributed by atoms with E-state index in [0.29, 0.717) is 0 Å². The van der Waals surface area contributed by atoms with Gasteiger partial charge in [-0.2, -0.15) is 12.6 Å². The molecule has 84 valence electrons. The van der Waals surface area contributed by atoms with E-state index in [1.54, 1.807) is 0 Å². The number of hydrogen-bond donors (Lipinski definition) is 1. The van der Waals surface area contributed by atoms with E-state index >= 15 is 0 Å². The van der Waals surface area contributed by atoms with Gasteiger partial charge in [0.05, 0.1) is 6.61 Å². The van der Waals surface area contributed by atoms with Gasteiger partial charge in [0.1, 0.15) is 5.75 Å². The molecule has 1 aromatic rings. The van der Waals surface area contributed by atoms with Gasteiger partial charge in [0.2, 0.25) is 0 Å². The first kappa shape index (κ1) is 12.4. The Balaban J connectivity index is 2.56. The Morgan fingerprint density at radius 2 is 2.07 bits per heavy atom. The standard InChI is InChI=1S/C13H20OS/c1-3-14-13-8-7-12(10-11(13)2)6-4-5-9-15/h7-8,10,15H,3-6,9H2,1-2H3. The van der Waals surface area contributed by atoms with Crippen molar-refractivity contribution in [2.45, 2.75) is 33.1 Å². The molecule has 0 radical (unpaired) electrons. The quantitative estimate of drug-likeness (QED) is 0.573. The number of unbranched alkanes of at least 4 members (excludes halogenated alkanes) is 1. The van der Waals surface area contributed by atoms with Gasteiger partial charge >= 0.3 is 0 Å². The van der Waals surface area contributed by atoms with Gasteiger partial charge in [-0.1, -0.05) is 12.1 Å². The Morgan fingerprint density at radius 3 is 2.67 bits per heavy atom. The first-order valence-electron chi connectivity index (χ1n) is 5.61. The van der Waals surface area contributed by atoms with Gasteiger partial charge < -0.3 is 4.74 Å². The van der Waals surface area contributed by atoms with Crippen LogP contribution < -0.4 is 4.74 Å². The molecule has 0 saturated carbocycles. The second-order valence-corrected chi connectivity index (χ2v) is 4.16. The van der Waals surface area contributed by atoms with Crippen LogP contribution >= 0.6 is 12.6 Å². The average Bonchev–Trinajstić information content (AvgIpc) is 2.23. The highest BCUT2D eigenvalue weighted by Gasteiger charge is 2.00. The highest BCUT2D eigenvalue weighted by atomic mass is 32.1. The fourth-order valence-electron chi connectivity index (χ4n) is 1.63. The molecule has 2 heteroatoms. The Kier molecular flexibility index (Phi) is 5.62. The highest BCUT2D eigenvalue weighted by Crippen LogP contribution is 2.20. The van der Waals surface area contributed by atoms with Crippen LogP contribution in [0.25, 0.3) is 0 Å². The van der Waals surface area contributed by atoms with Crippen LogP contribution in [0, 0.1) is 6.92 Å². The summed E-state index contributed by atoms with van der Waals surface area (Å²) in [6.45, 7) is 4.85. The predicted molar refractivity (Wildman–Crippen MR) is 69.1 cm³/mol. The minimum atomic E-state index is 0.736. The summed E-state index contributed by atoms with van der Waals surface area (Å²) >= 11 is 4.21. The molecular weight excluding hydrogens is 204 g/mol. The molecule has 0 N–H and O–H groups in total. The third-order valence-electron chi connectivity index (χ3n) is 2.41. The minimum absolute atomic E-state index is 0.736. The largest absolute Gasteiger partial charge is 0.494 e. The van der Waals surface area contributed by atoms with Gasteiger partial charge in [-0.25, -0.2) is 0 Å². The molecule has 0 atom stereocenters. The monoisotopic (exact) mass is 224 g/mol. The summed E-state index contributed by atoms with van der Waals surface area (Å²) in [5.41, 5.74) is 2.64. The van der Waals surface area contributed by atoms with Crippen molar-refractivity contribution in [2.24, 2.45) is 0 Å². The number of rotatable bonds is 6. The van der Waals surface area contributed by atoms with Crippen molar-refractivity contribution < 1.29 is 4.74 Å². The smallest absolute Gasteiger partial charge is 0.122 e. The van der Waals surface area contributed by atoms with Crippen molar-refractivity contribution in [2.75, 3.05) is 12.4 Å². The van der Waals surface area contributed by atoms with Gasteiger partial charge in [-0.05, 0) is 56.1 Å². The molecule has 0 unspecified atom stereocenters. The van der Waals surface area contributed by atoms with Crippen molar-refractivity contribution in [3.8, 4) is 5.75 Å². The molecule has 15 heavy (non-hydrogen) atoms. The molecule has 0 heterocycles.